The molecule has 0 aliphatic rings. The van der Waals surface area contributed by atoms with Crippen molar-refractivity contribution in [1.29, 1.82) is 0 Å². The molecule has 0 aliphatic carbocycles. The highest BCUT2D eigenvalue weighted by atomic mass is 16.5. The molecule has 1 rings (SSSR count). The number of benzene rings is 1. The molecule has 0 saturated carbocycles. The van der Waals surface area contributed by atoms with E-state index in [1.807, 2.05) is 31.2 Å². The molecule has 0 aromatic heterocycles. The Morgan fingerprint density at radius 1 is 1.16 bits per heavy atom. The van der Waals surface area contributed by atoms with Crippen molar-refractivity contribution in [3.63, 3.8) is 0 Å². The first-order chi connectivity index (χ1) is 9.08. The summed E-state index contributed by atoms with van der Waals surface area (Å²) in [7, 11) is 1.63. The first-order valence-corrected chi connectivity index (χ1v) is 7.02. The molecule has 0 spiro atoms. The summed E-state index contributed by atoms with van der Waals surface area (Å²) in [4.78, 5) is 0. The minimum Gasteiger partial charge on any atom is -0.497 e. The van der Waals surface area contributed by atoms with Crippen LogP contribution in [0.3, 0.4) is 0 Å². The van der Waals surface area contributed by atoms with Crippen molar-refractivity contribution in [2.24, 2.45) is 5.92 Å². The fraction of sp³-hybridized carbons (Fsp3) is 0.625. The molecule has 0 aliphatic heterocycles. The van der Waals surface area contributed by atoms with Gasteiger partial charge < -0.3 is 14.6 Å². The van der Waals surface area contributed by atoms with E-state index in [1.165, 1.54) is 6.42 Å². The van der Waals surface area contributed by atoms with Gasteiger partial charge in [0.1, 0.15) is 11.9 Å². The topological polar surface area (TPSA) is 38.7 Å². The zero-order valence-corrected chi connectivity index (χ0v) is 12.4. The predicted octanol–water partition coefficient (Wildman–Crippen LogP) is 3.57. The molecule has 19 heavy (non-hydrogen) atoms. The van der Waals surface area contributed by atoms with E-state index in [4.69, 9.17) is 9.47 Å². The molecule has 0 amide bonds. The lowest BCUT2D eigenvalue weighted by Gasteiger charge is -2.22. The van der Waals surface area contributed by atoms with E-state index in [0.29, 0.717) is 12.5 Å². The molecule has 0 radical (unpaired) electrons. The molecule has 0 heterocycles. The molecule has 108 valence electrons. The van der Waals surface area contributed by atoms with E-state index in [9.17, 15) is 5.11 Å². The number of ether oxygens (including phenoxy) is 2. The third kappa shape index (κ3) is 5.21. The van der Waals surface area contributed by atoms with Crippen molar-refractivity contribution < 1.29 is 14.6 Å². The van der Waals surface area contributed by atoms with Crippen LogP contribution in [0.4, 0.5) is 0 Å². The van der Waals surface area contributed by atoms with E-state index < -0.39 is 6.10 Å². The first kappa shape index (κ1) is 16.0. The van der Waals surface area contributed by atoms with E-state index in [2.05, 4.69) is 13.8 Å². The van der Waals surface area contributed by atoms with Gasteiger partial charge in [0.05, 0.1) is 13.2 Å². The highest BCUT2D eigenvalue weighted by Crippen LogP contribution is 2.22. The highest BCUT2D eigenvalue weighted by molar-refractivity contribution is 5.28. The van der Waals surface area contributed by atoms with Crippen LogP contribution in [0.25, 0.3) is 0 Å². The van der Waals surface area contributed by atoms with Crippen LogP contribution in [-0.2, 0) is 4.74 Å². The SMILES string of the molecule is CCCC(C)COC(C)C(O)c1ccc(OC)cc1. The smallest absolute Gasteiger partial charge is 0.118 e. The van der Waals surface area contributed by atoms with Gasteiger partial charge in [-0.05, 0) is 37.0 Å². The van der Waals surface area contributed by atoms with Gasteiger partial charge in [0, 0.05) is 6.61 Å². The summed E-state index contributed by atoms with van der Waals surface area (Å²) >= 11 is 0. The number of hydrogen-bond acceptors (Lipinski definition) is 3. The average Bonchev–Trinajstić information content (AvgIpc) is 2.44. The molecular formula is C16H26O3. The zero-order chi connectivity index (χ0) is 14.3. The Balaban J connectivity index is 2.48. The van der Waals surface area contributed by atoms with Gasteiger partial charge in [0.15, 0.2) is 0 Å². The lowest BCUT2D eigenvalue weighted by atomic mass is 10.0. The van der Waals surface area contributed by atoms with Gasteiger partial charge in [-0.2, -0.15) is 0 Å². The van der Waals surface area contributed by atoms with Gasteiger partial charge in [-0.3, -0.25) is 0 Å². The Morgan fingerprint density at radius 3 is 2.32 bits per heavy atom. The monoisotopic (exact) mass is 266 g/mol. The van der Waals surface area contributed by atoms with Gasteiger partial charge in [0.2, 0.25) is 0 Å². The second kappa shape index (κ2) is 8.18. The van der Waals surface area contributed by atoms with Crippen LogP contribution >= 0.6 is 0 Å². The Bertz CT molecular complexity index is 348. The van der Waals surface area contributed by atoms with Crippen molar-refractivity contribution in [2.45, 2.75) is 45.8 Å². The van der Waals surface area contributed by atoms with Crippen molar-refractivity contribution in [1.82, 2.24) is 0 Å². The largest absolute Gasteiger partial charge is 0.497 e. The number of rotatable bonds is 8. The lowest BCUT2D eigenvalue weighted by Crippen LogP contribution is -2.21. The standard InChI is InChI=1S/C16H26O3/c1-5-6-12(2)11-19-13(3)16(17)14-7-9-15(18-4)10-8-14/h7-10,12-13,16-17H,5-6,11H2,1-4H3. The van der Waals surface area contributed by atoms with Gasteiger partial charge in [-0.25, -0.2) is 0 Å². The van der Waals surface area contributed by atoms with E-state index in [-0.39, 0.29) is 6.10 Å². The number of hydrogen-bond donors (Lipinski definition) is 1. The first-order valence-electron chi connectivity index (χ1n) is 7.02. The zero-order valence-electron chi connectivity index (χ0n) is 12.4. The fourth-order valence-corrected chi connectivity index (χ4v) is 2.06. The normalized spacial score (nSPS) is 15.8. The lowest BCUT2D eigenvalue weighted by molar-refractivity contribution is -0.0397. The van der Waals surface area contributed by atoms with Crippen LogP contribution in [0.15, 0.2) is 24.3 Å². The van der Waals surface area contributed by atoms with Crippen LogP contribution in [0.5, 0.6) is 5.75 Å². The van der Waals surface area contributed by atoms with Crippen molar-refractivity contribution in [2.75, 3.05) is 13.7 Å². The summed E-state index contributed by atoms with van der Waals surface area (Å²) in [5.74, 6) is 1.33. The minimum atomic E-state index is -0.597. The summed E-state index contributed by atoms with van der Waals surface area (Å²) in [6, 6.07) is 7.45. The van der Waals surface area contributed by atoms with Crippen LogP contribution in [0.1, 0.15) is 45.3 Å². The molecule has 1 N–H and O–H groups in total. The Morgan fingerprint density at radius 2 is 1.79 bits per heavy atom. The second-order valence-electron chi connectivity index (χ2n) is 5.15. The Hall–Kier alpha value is -1.06. The summed E-state index contributed by atoms with van der Waals surface area (Å²) in [5, 5.41) is 10.2. The molecular weight excluding hydrogens is 240 g/mol. The minimum absolute atomic E-state index is 0.201. The summed E-state index contributed by atoms with van der Waals surface area (Å²) in [5.41, 5.74) is 0.858. The third-order valence-electron chi connectivity index (χ3n) is 3.33. The maximum Gasteiger partial charge on any atom is 0.118 e. The Kier molecular flexibility index (Phi) is 6.89. The van der Waals surface area contributed by atoms with E-state index >= 15 is 0 Å². The summed E-state index contributed by atoms with van der Waals surface area (Å²) in [6.45, 7) is 6.96. The molecule has 1 aromatic carbocycles. The maximum atomic E-state index is 10.2. The molecule has 3 unspecified atom stereocenters. The van der Waals surface area contributed by atoms with Crippen LogP contribution in [0.2, 0.25) is 0 Å². The van der Waals surface area contributed by atoms with Gasteiger partial charge in [-0.15, -0.1) is 0 Å². The van der Waals surface area contributed by atoms with Crippen molar-refractivity contribution in [3.8, 4) is 5.75 Å². The average molecular weight is 266 g/mol. The summed E-state index contributed by atoms with van der Waals surface area (Å²) < 4.78 is 10.9. The molecule has 3 heteroatoms. The number of aliphatic hydroxyl groups is 1. The maximum absolute atomic E-state index is 10.2. The number of methoxy groups -OCH3 is 1. The van der Waals surface area contributed by atoms with Gasteiger partial charge >= 0.3 is 0 Å². The molecule has 0 fully saturated rings. The molecule has 3 atom stereocenters. The van der Waals surface area contributed by atoms with Crippen LogP contribution in [0, 0.1) is 5.92 Å². The van der Waals surface area contributed by atoms with Crippen LogP contribution < -0.4 is 4.74 Å². The summed E-state index contributed by atoms with van der Waals surface area (Å²) in [6.07, 6.45) is 1.53. The number of aliphatic hydroxyl groups excluding tert-OH is 1. The van der Waals surface area contributed by atoms with Crippen molar-refractivity contribution >= 4 is 0 Å². The predicted molar refractivity (Wildman–Crippen MR) is 77.4 cm³/mol. The van der Waals surface area contributed by atoms with E-state index in [1.54, 1.807) is 7.11 Å². The molecule has 3 nitrogen and oxygen atoms in total. The second-order valence-corrected chi connectivity index (χ2v) is 5.15. The highest BCUT2D eigenvalue weighted by Gasteiger charge is 2.17. The molecule has 0 bridgehead atoms. The molecule has 1 aromatic rings. The third-order valence-corrected chi connectivity index (χ3v) is 3.33. The van der Waals surface area contributed by atoms with Crippen molar-refractivity contribution in [3.05, 3.63) is 29.8 Å². The fourth-order valence-electron chi connectivity index (χ4n) is 2.06. The quantitative estimate of drug-likeness (QED) is 0.781. The van der Waals surface area contributed by atoms with Crippen LogP contribution in [-0.4, -0.2) is 24.9 Å². The Labute approximate surface area is 116 Å². The van der Waals surface area contributed by atoms with Gasteiger partial charge in [0.25, 0.3) is 0 Å². The van der Waals surface area contributed by atoms with E-state index in [0.717, 1.165) is 17.7 Å². The van der Waals surface area contributed by atoms with Gasteiger partial charge in [-0.1, -0.05) is 32.4 Å². The molecule has 0 saturated heterocycles.